The van der Waals surface area contributed by atoms with Crippen LogP contribution >= 0.6 is 0 Å². The second kappa shape index (κ2) is 6.45. The van der Waals surface area contributed by atoms with Crippen molar-refractivity contribution in [2.45, 2.75) is 31.3 Å². The highest BCUT2D eigenvalue weighted by Gasteiger charge is 2.33. The van der Waals surface area contributed by atoms with Crippen molar-refractivity contribution in [1.82, 2.24) is 9.80 Å². The molecule has 0 bridgehead atoms. The summed E-state index contributed by atoms with van der Waals surface area (Å²) in [6.45, 7) is 0.489. The van der Waals surface area contributed by atoms with Gasteiger partial charge in [0, 0.05) is 32.1 Å². The van der Waals surface area contributed by atoms with Crippen molar-refractivity contribution in [3.8, 4) is 0 Å². The molecule has 9 heteroatoms. The second-order valence-corrected chi connectivity index (χ2v) is 10.8. The van der Waals surface area contributed by atoms with Gasteiger partial charge in [0.25, 0.3) is 0 Å². The fourth-order valence-electron chi connectivity index (χ4n) is 3.04. The normalized spacial score (nSPS) is 29.8. The van der Waals surface area contributed by atoms with Crippen molar-refractivity contribution in [3.05, 3.63) is 0 Å². The Balaban J connectivity index is 1.80. The Bertz CT molecular complexity index is 629. The molecule has 7 nitrogen and oxygen atoms in total. The first kappa shape index (κ1) is 17.7. The summed E-state index contributed by atoms with van der Waals surface area (Å²) in [5.41, 5.74) is 0. The fourth-order valence-corrected chi connectivity index (χ4v) is 6.62. The summed E-state index contributed by atoms with van der Waals surface area (Å²) >= 11 is 0. The Morgan fingerprint density at radius 1 is 0.955 bits per heavy atom. The first-order chi connectivity index (χ1) is 10.1. The van der Waals surface area contributed by atoms with Gasteiger partial charge in [-0.05, 0) is 19.9 Å². The molecular weight excluding hydrogens is 328 g/mol. The van der Waals surface area contributed by atoms with Crippen molar-refractivity contribution in [1.29, 1.82) is 0 Å². The number of hydrogen-bond acceptors (Lipinski definition) is 6. The summed E-state index contributed by atoms with van der Waals surface area (Å²) in [7, 11) is -2.45. The van der Waals surface area contributed by atoms with Crippen LogP contribution in [-0.2, 0) is 24.5 Å². The van der Waals surface area contributed by atoms with Crippen LogP contribution in [-0.4, -0.2) is 88.3 Å². The number of amides is 1. The van der Waals surface area contributed by atoms with Gasteiger partial charge in [0.2, 0.25) is 5.91 Å². The Labute approximate surface area is 132 Å². The van der Waals surface area contributed by atoms with E-state index in [0.29, 0.717) is 19.4 Å². The van der Waals surface area contributed by atoms with Gasteiger partial charge in [-0.3, -0.25) is 4.79 Å². The topological polar surface area (TPSA) is 91.8 Å². The van der Waals surface area contributed by atoms with Crippen LogP contribution in [0, 0.1) is 0 Å². The number of rotatable bonds is 5. The number of hydrogen-bond donors (Lipinski definition) is 0. The second-order valence-electron chi connectivity index (χ2n) is 6.35. The largest absolute Gasteiger partial charge is 0.342 e. The molecular formula is C13H24N2O5S2. The minimum absolute atomic E-state index is 0.0186. The van der Waals surface area contributed by atoms with Crippen molar-refractivity contribution in [3.63, 3.8) is 0 Å². The highest BCUT2D eigenvalue weighted by molar-refractivity contribution is 7.91. The lowest BCUT2D eigenvalue weighted by Gasteiger charge is -2.26. The van der Waals surface area contributed by atoms with Crippen LogP contribution in [0.15, 0.2) is 0 Å². The molecule has 0 aromatic rings. The van der Waals surface area contributed by atoms with Crippen molar-refractivity contribution in [2.24, 2.45) is 0 Å². The number of sulfone groups is 2. The van der Waals surface area contributed by atoms with Gasteiger partial charge in [0.1, 0.15) is 0 Å². The van der Waals surface area contributed by atoms with Gasteiger partial charge in [-0.2, -0.15) is 0 Å². The molecule has 1 amide bonds. The van der Waals surface area contributed by atoms with Gasteiger partial charge < -0.3 is 9.80 Å². The molecule has 0 aliphatic carbocycles. The van der Waals surface area contributed by atoms with Crippen molar-refractivity contribution < 1.29 is 21.6 Å². The minimum atomic E-state index is -3.00. The highest BCUT2D eigenvalue weighted by Crippen LogP contribution is 2.19. The number of carbonyl (C=O) groups is 1. The predicted octanol–water partition coefficient (Wildman–Crippen LogP) is -0.859. The highest BCUT2D eigenvalue weighted by atomic mass is 32.2. The SMILES string of the molecule is CN(CCC(=O)N(C)C1CCS(=O)(=O)C1)C1CCS(=O)(=O)C1. The maximum Gasteiger partial charge on any atom is 0.223 e. The van der Waals surface area contributed by atoms with E-state index < -0.39 is 19.7 Å². The zero-order valence-electron chi connectivity index (χ0n) is 13.1. The first-order valence-corrected chi connectivity index (χ1v) is 11.1. The van der Waals surface area contributed by atoms with Crippen molar-refractivity contribution >= 4 is 25.6 Å². The summed E-state index contributed by atoms with van der Waals surface area (Å²) in [4.78, 5) is 15.6. The first-order valence-electron chi connectivity index (χ1n) is 7.46. The summed E-state index contributed by atoms with van der Waals surface area (Å²) in [5, 5.41) is 0. The van der Waals surface area contributed by atoms with Crippen LogP contribution in [0.1, 0.15) is 19.3 Å². The molecule has 2 aliphatic heterocycles. The third kappa shape index (κ3) is 4.42. The minimum Gasteiger partial charge on any atom is -0.342 e. The molecule has 0 aromatic carbocycles. The van der Waals surface area contributed by atoms with Gasteiger partial charge in [-0.25, -0.2) is 16.8 Å². The predicted molar refractivity (Wildman–Crippen MR) is 84.1 cm³/mol. The molecule has 22 heavy (non-hydrogen) atoms. The van der Waals surface area contributed by atoms with Gasteiger partial charge >= 0.3 is 0 Å². The van der Waals surface area contributed by atoms with Crippen LogP contribution in [0.2, 0.25) is 0 Å². The third-order valence-corrected chi connectivity index (χ3v) is 8.16. The van der Waals surface area contributed by atoms with E-state index in [1.165, 1.54) is 4.90 Å². The molecule has 2 aliphatic rings. The molecule has 2 rings (SSSR count). The Morgan fingerprint density at radius 3 is 1.91 bits per heavy atom. The monoisotopic (exact) mass is 352 g/mol. The van der Waals surface area contributed by atoms with Gasteiger partial charge in [-0.1, -0.05) is 0 Å². The van der Waals surface area contributed by atoms with Crippen LogP contribution in [0.25, 0.3) is 0 Å². The number of nitrogens with zero attached hydrogens (tertiary/aromatic N) is 2. The molecule has 0 spiro atoms. The van der Waals surface area contributed by atoms with Gasteiger partial charge in [-0.15, -0.1) is 0 Å². The molecule has 2 atom stereocenters. The lowest BCUT2D eigenvalue weighted by Crippen LogP contribution is -2.40. The van der Waals surface area contributed by atoms with Gasteiger partial charge in [0.05, 0.1) is 23.0 Å². The van der Waals surface area contributed by atoms with E-state index in [-0.39, 0.29) is 47.4 Å². The summed E-state index contributed by atoms with van der Waals surface area (Å²) in [6.07, 6.45) is 1.39. The molecule has 2 heterocycles. The third-order valence-electron chi connectivity index (χ3n) is 4.66. The van der Waals surface area contributed by atoms with Gasteiger partial charge in [0.15, 0.2) is 19.7 Å². The fraction of sp³-hybridized carbons (Fsp3) is 0.923. The van der Waals surface area contributed by atoms with Crippen LogP contribution in [0.3, 0.4) is 0 Å². The lowest BCUT2D eigenvalue weighted by atomic mass is 10.2. The average molecular weight is 352 g/mol. The Hall–Kier alpha value is -0.670. The standard InChI is InChI=1S/C13H24N2O5S2/c1-14(11-4-7-21(17,18)9-11)6-3-13(16)15(2)12-5-8-22(19,20)10-12/h11-12H,3-10H2,1-2H3. The van der Waals surface area contributed by atoms with E-state index in [4.69, 9.17) is 0 Å². The maximum absolute atomic E-state index is 12.2. The lowest BCUT2D eigenvalue weighted by molar-refractivity contribution is -0.131. The van der Waals surface area contributed by atoms with Crippen molar-refractivity contribution in [2.75, 3.05) is 43.7 Å². The summed E-state index contributed by atoms with van der Waals surface area (Å²) in [5.74, 6) is 0.487. The van der Waals surface area contributed by atoms with Crippen LogP contribution < -0.4 is 0 Å². The van der Waals surface area contributed by atoms with E-state index in [9.17, 15) is 21.6 Å². The van der Waals surface area contributed by atoms with E-state index in [1.54, 1.807) is 7.05 Å². The summed E-state index contributed by atoms with van der Waals surface area (Å²) < 4.78 is 45.9. The Morgan fingerprint density at radius 2 is 1.45 bits per heavy atom. The number of carbonyl (C=O) groups excluding carboxylic acids is 1. The molecule has 128 valence electrons. The zero-order valence-corrected chi connectivity index (χ0v) is 14.7. The maximum atomic E-state index is 12.2. The van der Waals surface area contributed by atoms with E-state index in [2.05, 4.69) is 0 Å². The average Bonchev–Trinajstić information content (AvgIpc) is 2.97. The van der Waals surface area contributed by atoms with E-state index in [0.717, 1.165) is 0 Å². The van der Waals surface area contributed by atoms with E-state index in [1.807, 2.05) is 11.9 Å². The molecule has 2 saturated heterocycles. The molecule has 2 unspecified atom stereocenters. The molecule has 0 saturated carbocycles. The van der Waals surface area contributed by atoms with E-state index >= 15 is 0 Å². The van der Waals surface area contributed by atoms with Crippen LogP contribution in [0.4, 0.5) is 0 Å². The van der Waals surface area contributed by atoms with Crippen LogP contribution in [0.5, 0.6) is 0 Å². The molecule has 2 fully saturated rings. The zero-order chi connectivity index (χ0) is 16.5. The molecule has 0 N–H and O–H groups in total. The molecule has 0 aromatic heterocycles. The smallest absolute Gasteiger partial charge is 0.223 e. The molecule has 0 radical (unpaired) electrons. The summed E-state index contributed by atoms with van der Waals surface area (Å²) in [6, 6.07) is -0.246. The Kier molecular flexibility index (Phi) is 5.18. The quantitative estimate of drug-likeness (QED) is 0.639.